The molecule has 0 saturated carbocycles. The fourth-order valence-corrected chi connectivity index (χ4v) is 3.49. The number of H-pyrrole nitrogens is 1. The van der Waals surface area contributed by atoms with E-state index in [4.69, 9.17) is 4.74 Å². The molecule has 4 rings (SSSR count). The average molecular weight is 391 g/mol. The zero-order chi connectivity index (χ0) is 19.9. The maximum Gasteiger partial charge on any atom is 0.251 e. The summed E-state index contributed by atoms with van der Waals surface area (Å²) in [5, 5.41) is 9.93. The van der Waals surface area contributed by atoms with E-state index < -0.39 is 0 Å². The predicted octanol–water partition coefficient (Wildman–Crippen LogP) is 2.78. The molecule has 1 amide bonds. The Morgan fingerprint density at radius 2 is 2.07 bits per heavy atom. The molecule has 0 spiro atoms. The molecule has 3 aromatic rings. The summed E-state index contributed by atoms with van der Waals surface area (Å²) < 4.78 is 6.16. The third-order valence-corrected chi connectivity index (χ3v) is 5.06. The summed E-state index contributed by atoms with van der Waals surface area (Å²) in [6, 6.07) is 13.2. The van der Waals surface area contributed by atoms with Gasteiger partial charge in [-0.05, 0) is 48.7 Å². The summed E-state index contributed by atoms with van der Waals surface area (Å²) in [6.45, 7) is 3.30. The molecule has 7 nitrogen and oxygen atoms in total. The lowest BCUT2D eigenvalue weighted by atomic mass is 10.1. The van der Waals surface area contributed by atoms with E-state index >= 15 is 0 Å². The van der Waals surface area contributed by atoms with Gasteiger partial charge in [0.15, 0.2) is 0 Å². The van der Waals surface area contributed by atoms with Crippen LogP contribution in [0, 0.1) is 0 Å². The van der Waals surface area contributed by atoms with Gasteiger partial charge < -0.3 is 10.1 Å². The minimum atomic E-state index is -0.117. The maximum atomic E-state index is 12.5. The Morgan fingerprint density at radius 1 is 1.17 bits per heavy atom. The number of rotatable bonds is 7. The van der Waals surface area contributed by atoms with Crippen LogP contribution in [0.25, 0.3) is 0 Å². The highest BCUT2D eigenvalue weighted by molar-refractivity contribution is 5.94. The summed E-state index contributed by atoms with van der Waals surface area (Å²) in [5.41, 5.74) is 2.70. The van der Waals surface area contributed by atoms with Gasteiger partial charge in [-0.3, -0.25) is 19.8 Å². The number of hydrogen-bond donors (Lipinski definition) is 2. The van der Waals surface area contributed by atoms with E-state index in [0.717, 1.165) is 49.5 Å². The van der Waals surface area contributed by atoms with Crippen LogP contribution in [0.3, 0.4) is 0 Å². The third kappa shape index (κ3) is 5.42. The number of carbonyl (C=O) groups is 1. The first kappa shape index (κ1) is 19.1. The van der Waals surface area contributed by atoms with Gasteiger partial charge in [-0.1, -0.05) is 12.1 Å². The Labute approximate surface area is 170 Å². The van der Waals surface area contributed by atoms with E-state index in [1.54, 1.807) is 24.7 Å². The van der Waals surface area contributed by atoms with E-state index in [1.165, 1.54) is 0 Å². The molecule has 0 unspecified atom stereocenters. The van der Waals surface area contributed by atoms with E-state index in [9.17, 15) is 4.79 Å². The number of piperidine rings is 1. The number of amides is 1. The van der Waals surface area contributed by atoms with Crippen LogP contribution in [0.2, 0.25) is 0 Å². The van der Waals surface area contributed by atoms with Crippen molar-refractivity contribution in [3.63, 3.8) is 0 Å². The Morgan fingerprint density at radius 3 is 2.83 bits per heavy atom. The van der Waals surface area contributed by atoms with Crippen molar-refractivity contribution in [1.29, 1.82) is 0 Å². The number of pyridine rings is 1. The largest absolute Gasteiger partial charge is 0.490 e. The van der Waals surface area contributed by atoms with E-state index in [1.807, 2.05) is 36.4 Å². The second-order valence-electron chi connectivity index (χ2n) is 7.25. The molecule has 29 heavy (non-hydrogen) atoms. The number of ether oxygens (including phenoxy) is 1. The van der Waals surface area contributed by atoms with E-state index in [-0.39, 0.29) is 12.0 Å². The number of nitrogens with one attached hydrogen (secondary N) is 2. The standard InChI is InChI=1S/C22H25N5O2/c28-22(24-15-17-3-2-9-23-14-17)18-4-1-5-21(13-18)29-20-7-11-27(12-8-20)16-19-6-10-25-26-19/h1-6,9-10,13-14,20H,7-8,11-12,15-16H2,(H,24,28)(H,25,26). The van der Waals surface area contributed by atoms with Crippen molar-refractivity contribution in [3.8, 4) is 5.75 Å². The molecule has 1 saturated heterocycles. The van der Waals surface area contributed by atoms with Gasteiger partial charge >= 0.3 is 0 Å². The minimum Gasteiger partial charge on any atom is -0.490 e. The van der Waals surface area contributed by atoms with Crippen molar-refractivity contribution >= 4 is 5.91 Å². The van der Waals surface area contributed by atoms with Crippen molar-refractivity contribution in [2.75, 3.05) is 13.1 Å². The fraction of sp³-hybridized carbons (Fsp3) is 0.318. The molecule has 150 valence electrons. The predicted molar refractivity (Wildman–Crippen MR) is 109 cm³/mol. The molecule has 2 N–H and O–H groups in total. The van der Waals surface area contributed by atoms with Gasteiger partial charge in [0.2, 0.25) is 0 Å². The lowest BCUT2D eigenvalue weighted by Gasteiger charge is -2.31. The van der Waals surface area contributed by atoms with Gasteiger partial charge in [-0.2, -0.15) is 5.10 Å². The van der Waals surface area contributed by atoms with Crippen LogP contribution in [0.1, 0.15) is 34.5 Å². The minimum absolute atomic E-state index is 0.117. The zero-order valence-electron chi connectivity index (χ0n) is 16.3. The molecule has 2 aromatic heterocycles. The van der Waals surface area contributed by atoms with Gasteiger partial charge in [0.25, 0.3) is 5.91 Å². The zero-order valence-corrected chi connectivity index (χ0v) is 16.3. The van der Waals surface area contributed by atoms with Crippen LogP contribution in [0.4, 0.5) is 0 Å². The highest BCUT2D eigenvalue weighted by atomic mass is 16.5. The fourth-order valence-electron chi connectivity index (χ4n) is 3.49. The highest BCUT2D eigenvalue weighted by Gasteiger charge is 2.21. The first-order valence-electron chi connectivity index (χ1n) is 9.91. The Balaban J connectivity index is 1.27. The smallest absolute Gasteiger partial charge is 0.251 e. The number of benzene rings is 1. The summed E-state index contributed by atoms with van der Waals surface area (Å²) >= 11 is 0. The van der Waals surface area contributed by atoms with Crippen molar-refractivity contribution in [2.24, 2.45) is 0 Å². The van der Waals surface area contributed by atoms with Gasteiger partial charge in [0.05, 0.1) is 0 Å². The molecular weight excluding hydrogens is 366 g/mol. The number of aromatic nitrogens is 3. The number of nitrogens with zero attached hydrogens (tertiary/aromatic N) is 3. The van der Waals surface area contributed by atoms with Crippen molar-refractivity contribution in [1.82, 2.24) is 25.4 Å². The first-order chi connectivity index (χ1) is 14.3. The Bertz CT molecular complexity index is 906. The number of aromatic amines is 1. The molecular formula is C22H25N5O2. The lowest BCUT2D eigenvalue weighted by Crippen LogP contribution is -2.37. The topological polar surface area (TPSA) is 83.1 Å². The summed E-state index contributed by atoms with van der Waals surface area (Å²) in [7, 11) is 0. The highest BCUT2D eigenvalue weighted by Crippen LogP contribution is 2.21. The lowest BCUT2D eigenvalue weighted by molar-refractivity contribution is 0.0932. The normalized spacial score (nSPS) is 15.2. The quantitative estimate of drug-likeness (QED) is 0.647. The summed E-state index contributed by atoms with van der Waals surface area (Å²) in [5.74, 6) is 0.625. The van der Waals surface area contributed by atoms with Crippen molar-refractivity contribution in [3.05, 3.63) is 77.9 Å². The summed E-state index contributed by atoms with van der Waals surface area (Å²) in [4.78, 5) is 18.9. The molecule has 3 heterocycles. The van der Waals surface area contributed by atoms with Crippen LogP contribution in [-0.2, 0) is 13.1 Å². The van der Waals surface area contributed by atoms with Gasteiger partial charge in [0, 0.05) is 56.0 Å². The molecule has 0 aliphatic carbocycles. The molecule has 0 atom stereocenters. The van der Waals surface area contributed by atoms with Crippen LogP contribution in [0.5, 0.6) is 5.75 Å². The molecule has 0 bridgehead atoms. The number of likely N-dealkylation sites (tertiary alicyclic amines) is 1. The van der Waals surface area contributed by atoms with Crippen molar-refractivity contribution < 1.29 is 9.53 Å². The molecule has 7 heteroatoms. The molecule has 1 fully saturated rings. The summed E-state index contributed by atoms with van der Waals surface area (Å²) in [6.07, 6.45) is 7.34. The Kier molecular flexibility index (Phi) is 6.16. The second kappa shape index (κ2) is 9.34. The SMILES string of the molecule is O=C(NCc1cccnc1)c1cccc(OC2CCN(Cc3ccn[nH]3)CC2)c1. The second-order valence-corrected chi connectivity index (χ2v) is 7.25. The maximum absolute atomic E-state index is 12.5. The van der Waals surface area contributed by atoms with Crippen LogP contribution in [0.15, 0.2) is 61.1 Å². The molecule has 1 aliphatic rings. The monoisotopic (exact) mass is 391 g/mol. The van der Waals surface area contributed by atoms with Crippen LogP contribution < -0.4 is 10.1 Å². The average Bonchev–Trinajstić information content (AvgIpc) is 3.27. The van der Waals surface area contributed by atoms with E-state index in [0.29, 0.717) is 12.1 Å². The van der Waals surface area contributed by atoms with Gasteiger partial charge in [-0.15, -0.1) is 0 Å². The molecule has 0 radical (unpaired) electrons. The molecule has 1 aromatic carbocycles. The van der Waals surface area contributed by atoms with Crippen LogP contribution in [-0.4, -0.2) is 45.2 Å². The van der Waals surface area contributed by atoms with Gasteiger partial charge in [-0.25, -0.2) is 0 Å². The Hall–Kier alpha value is -3.19. The van der Waals surface area contributed by atoms with E-state index in [2.05, 4.69) is 25.4 Å². The van der Waals surface area contributed by atoms with Gasteiger partial charge in [0.1, 0.15) is 11.9 Å². The molecule has 1 aliphatic heterocycles. The van der Waals surface area contributed by atoms with Crippen molar-refractivity contribution in [2.45, 2.75) is 32.0 Å². The first-order valence-corrected chi connectivity index (χ1v) is 9.91. The number of carbonyl (C=O) groups excluding carboxylic acids is 1. The number of hydrogen-bond acceptors (Lipinski definition) is 5. The third-order valence-electron chi connectivity index (χ3n) is 5.06. The van der Waals surface area contributed by atoms with Crippen LogP contribution >= 0.6 is 0 Å².